The van der Waals surface area contributed by atoms with Crippen LogP contribution in [0.3, 0.4) is 0 Å². The number of aryl methyl sites for hydroxylation is 1. The first-order valence-corrected chi connectivity index (χ1v) is 6.40. The second-order valence-corrected chi connectivity index (χ2v) is 5.08. The molecule has 0 amide bonds. The van der Waals surface area contributed by atoms with E-state index in [1.54, 1.807) is 12.5 Å². The summed E-state index contributed by atoms with van der Waals surface area (Å²) in [6, 6.07) is 2.10. The highest BCUT2D eigenvalue weighted by molar-refractivity contribution is 5.20. The summed E-state index contributed by atoms with van der Waals surface area (Å²) in [6.45, 7) is 9.04. The third-order valence-corrected chi connectivity index (χ3v) is 2.81. The van der Waals surface area contributed by atoms with Crippen LogP contribution in [0.15, 0.2) is 29.2 Å². The SMILES string of the molecule is Cc1cc(Cn2ccnc2)oc1CNCC(C)C. The number of furan rings is 1. The summed E-state index contributed by atoms with van der Waals surface area (Å²) >= 11 is 0. The zero-order valence-electron chi connectivity index (χ0n) is 11.3. The van der Waals surface area contributed by atoms with Crippen LogP contribution >= 0.6 is 0 Å². The average Bonchev–Trinajstić information content (AvgIpc) is 2.90. The van der Waals surface area contributed by atoms with Crippen molar-refractivity contribution in [2.24, 2.45) is 5.92 Å². The van der Waals surface area contributed by atoms with Gasteiger partial charge in [0.1, 0.15) is 11.5 Å². The summed E-state index contributed by atoms with van der Waals surface area (Å²) in [7, 11) is 0. The lowest BCUT2D eigenvalue weighted by Gasteiger charge is -2.06. The Morgan fingerprint density at radius 2 is 2.28 bits per heavy atom. The van der Waals surface area contributed by atoms with Crippen molar-refractivity contribution in [2.75, 3.05) is 6.54 Å². The number of hydrogen-bond donors (Lipinski definition) is 1. The van der Waals surface area contributed by atoms with E-state index in [-0.39, 0.29) is 0 Å². The first-order chi connectivity index (χ1) is 8.65. The smallest absolute Gasteiger partial charge is 0.124 e. The van der Waals surface area contributed by atoms with Crippen LogP contribution in [0.5, 0.6) is 0 Å². The number of nitrogens with zero attached hydrogens (tertiary/aromatic N) is 2. The third kappa shape index (κ3) is 3.47. The fraction of sp³-hybridized carbons (Fsp3) is 0.500. The molecule has 0 aliphatic carbocycles. The van der Waals surface area contributed by atoms with Crippen LogP contribution in [0.4, 0.5) is 0 Å². The summed E-state index contributed by atoms with van der Waals surface area (Å²) in [5.41, 5.74) is 1.21. The van der Waals surface area contributed by atoms with Gasteiger partial charge in [-0.3, -0.25) is 0 Å². The second-order valence-electron chi connectivity index (χ2n) is 5.08. The van der Waals surface area contributed by atoms with Crippen molar-refractivity contribution in [2.45, 2.75) is 33.9 Å². The first kappa shape index (κ1) is 12.9. The lowest BCUT2D eigenvalue weighted by atomic mass is 10.2. The van der Waals surface area contributed by atoms with E-state index in [0.717, 1.165) is 31.2 Å². The van der Waals surface area contributed by atoms with Gasteiger partial charge in [0.25, 0.3) is 0 Å². The molecule has 0 saturated heterocycles. The van der Waals surface area contributed by atoms with Gasteiger partial charge in [-0.1, -0.05) is 13.8 Å². The topological polar surface area (TPSA) is 43.0 Å². The van der Waals surface area contributed by atoms with Gasteiger partial charge in [-0.25, -0.2) is 4.98 Å². The predicted octanol–water partition coefficient (Wildman–Crippen LogP) is 2.58. The van der Waals surface area contributed by atoms with E-state index in [0.29, 0.717) is 5.92 Å². The summed E-state index contributed by atoms with van der Waals surface area (Å²) in [5.74, 6) is 2.67. The van der Waals surface area contributed by atoms with Crippen molar-refractivity contribution in [3.05, 3.63) is 41.9 Å². The molecule has 1 N–H and O–H groups in total. The molecule has 0 atom stereocenters. The largest absolute Gasteiger partial charge is 0.463 e. The van der Waals surface area contributed by atoms with Gasteiger partial charge in [0.05, 0.1) is 19.4 Å². The van der Waals surface area contributed by atoms with Gasteiger partial charge in [-0.15, -0.1) is 0 Å². The highest BCUT2D eigenvalue weighted by Gasteiger charge is 2.08. The standard InChI is InChI=1S/C14H21N3O/c1-11(2)7-16-8-14-12(3)6-13(18-14)9-17-5-4-15-10-17/h4-6,10-11,16H,7-9H2,1-3H3. The van der Waals surface area contributed by atoms with Crippen molar-refractivity contribution >= 4 is 0 Å². The Hall–Kier alpha value is -1.55. The number of imidazole rings is 1. The Balaban J connectivity index is 1.94. The highest BCUT2D eigenvalue weighted by atomic mass is 16.3. The molecule has 0 aliphatic rings. The fourth-order valence-corrected chi connectivity index (χ4v) is 1.88. The van der Waals surface area contributed by atoms with Gasteiger partial charge in [0.2, 0.25) is 0 Å². The monoisotopic (exact) mass is 247 g/mol. The molecule has 0 fully saturated rings. The molecular formula is C14H21N3O. The van der Waals surface area contributed by atoms with Gasteiger partial charge in [0, 0.05) is 12.4 Å². The Labute approximate surface area is 108 Å². The minimum Gasteiger partial charge on any atom is -0.463 e. The van der Waals surface area contributed by atoms with Crippen LogP contribution < -0.4 is 5.32 Å². The predicted molar refractivity (Wildman–Crippen MR) is 71.3 cm³/mol. The molecule has 4 heteroatoms. The van der Waals surface area contributed by atoms with E-state index in [9.17, 15) is 0 Å². The van der Waals surface area contributed by atoms with Crippen molar-refractivity contribution in [3.8, 4) is 0 Å². The van der Waals surface area contributed by atoms with Crippen LogP contribution in [-0.4, -0.2) is 16.1 Å². The third-order valence-electron chi connectivity index (χ3n) is 2.81. The molecule has 0 unspecified atom stereocenters. The second kappa shape index (κ2) is 5.87. The van der Waals surface area contributed by atoms with E-state index in [2.05, 4.69) is 37.1 Å². The molecule has 0 radical (unpaired) electrons. The number of hydrogen-bond acceptors (Lipinski definition) is 3. The van der Waals surface area contributed by atoms with Crippen LogP contribution in [-0.2, 0) is 13.1 Å². The van der Waals surface area contributed by atoms with Crippen LogP contribution in [0.1, 0.15) is 30.9 Å². The minimum absolute atomic E-state index is 0.658. The Bertz CT molecular complexity index is 471. The van der Waals surface area contributed by atoms with Crippen molar-refractivity contribution in [1.29, 1.82) is 0 Å². The molecule has 4 nitrogen and oxygen atoms in total. The molecule has 18 heavy (non-hydrogen) atoms. The molecule has 2 aromatic rings. The highest BCUT2D eigenvalue weighted by Crippen LogP contribution is 2.15. The molecular weight excluding hydrogens is 226 g/mol. The van der Waals surface area contributed by atoms with Gasteiger partial charge < -0.3 is 14.3 Å². The van der Waals surface area contributed by atoms with E-state index in [4.69, 9.17) is 4.42 Å². The molecule has 0 aromatic carbocycles. The maximum absolute atomic E-state index is 5.86. The molecule has 2 aromatic heterocycles. The quantitative estimate of drug-likeness (QED) is 0.853. The molecule has 2 heterocycles. The molecule has 0 spiro atoms. The van der Waals surface area contributed by atoms with Crippen molar-refractivity contribution < 1.29 is 4.42 Å². The van der Waals surface area contributed by atoms with E-state index in [1.165, 1.54) is 5.56 Å². The molecule has 98 valence electrons. The van der Waals surface area contributed by atoms with E-state index in [1.807, 2.05) is 10.8 Å². The number of nitrogens with one attached hydrogen (secondary N) is 1. The molecule has 0 bridgehead atoms. The van der Waals surface area contributed by atoms with Crippen LogP contribution in [0.2, 0.25) is 0 Å². The van der Waals surface area contributed by atoms with E-state index < -0.39 is 0 Å². The normalized spacial score (nSPS) is 11.3. The fourth-order valence-electron chi connectivity index (χ4n) is 1.88. The van der Waals surface area contributed by atoms with Crippen LogP contribution in [0.25, 0.3) is 0 Å². The van der Waals surface area contributed by atoms with Gasteiger partial charge in [-0.2, -0.15) is 0 Å². The van der Waals surface area contributed by atoms with Gasteiger partial charge >= 0.3 is 0 Å². The maximum atomic E-state index is 5.86. The van der Waals surface area contributed by atoms with Gasteiger partial charge in [0.15, 0.2) is 0 Å². The minimum atomic E-state index is 0.658. The molecule has 0 saturated carbocycles. The van der Waals surface area contributed by atoms with Gasteiger partial charge in [-0.05, 0) is 31.0 Å². The average molecular weight is 247 g/mol. The van der Waals surface area contributed by atoms with E-state index >= 15 is 0 Å². The van der Waals surface area contributed by atoms with Crippen LogP contribution in [0, 0.1) is 12.8 Å². The van der Waals surface area contributed by atoms with Crippen molar-refractivity contribution in [1.82, 2.24) is 14.9 Å². The Morgan fingerprint density at radius 3 is 2.94 bits per heavy atom. The molecule has 2 rings (SSSR count). The summed E-state index contributed by atoms with van der Waals surface area (Å²) in [4.78, 5) is 4.03. The van der Waals surface area contributed by atoms with Crippen molar-refractivity contribution in [3.63, 3.8) is 0 Å². The Morgan fingerprint density at radius 1 is 1.44 bits per heavy atom. The Kier molecular flexibility index (Phi) is 4.20. The zero-order valence-corrected chi connectivity index (χ0v) is 11.3. The lowest BCUT2D eigenvalue weighted by molar-refractivity contribution is 0.427. The lowest BCUT2D eigenvalue weighted by Crippen LogP contribution is -2.18. The zero-order chi connectivity index (χ0) is 13.0. The number of rotatable bonds is 6. The summed E-state index contributed by atoms with van der Waals surface area (Å²) in [5, 5.41) is 3.40. The summed E-state index contributed by atoms with van der Waals surface area (Å²) in [6.07, 6.45) is 5.52. The molecule has 0 aliphatic heterocycles. The first-order valence-electron chi connectivity index (χ1n) is 6.40. The maximum Gasteiger partial charge on any atom is 0.124 e. The number of aromatic nitrogens is 2. The summed E-state index contributed by atoms with van der Waals surface area (Å²) < 4.78 is 7.86.